The van der Waals surface area contributed by atoms with Crippen LogP contribution in [0.2, 0.25) is 0 Å². The van der Waals surface area contributed by atoms with Crippen molar-refractivity contribution >= 4 is 21.8 Å². The van der Waals surface area contributed by atoms with Crippen molar-refractivity contribution in [2.24, 2.45) is 0 Å². The smallest absolute Gasteiger partial charge is 0.166 e. The molecule has 0 N–H and O–H groups in total. The van der Waals surface area contributed by atoms with Crippen LogP contribution in [0, 0.1) is 0 Å². The van der Waals surface area contributed by atoms with E-state index >= 15 is 0 Å². The van der Waals surface area contributed by atoms with Gasteiger partial charge in [0.1, 0.15) is 0 Å². The summed E-state index contributed by atoms with van der Waals surface area (Å²) in [5.74, 6) is 3.42. The predicted octanol–water partition coefficient (Wildman–Crippen LogP) is 13.5. The maximum Gasteiger partial charge on any atom is 0.166 e. The SMILES string of the molecule is CC1(C)c2ccccc2-c2c1ccc1c2c2ccccc2n1-c1ccc(-c2nc(-c3ccccc3)nc(-c3ccccc3)n2)cc1-c1nc(-c2ccccc2)nc(-c2ccccc2)n1. The van der Waals surface area contributed by atoms with Crippen LogP contribution in [0.3, 0.4) is 0 Å². The van der Waals surface area contributed by atoms with Crippen LogP contribution in [0.25, 0.3) is 107 Å². The number of nitrogens with zero attached hydrogens (tertiary/aromatic N) is 7. The van der Waals surface area contributed by atoms with Crippen molar-refractivity contribution in [3.8, 4) is 85.1 Å². The van der Waals surface area contributed by atoms with E-state index in [0.29, 0.717) is 34.9 Å². The van der Waals surface area contributed by atoms with Crippen molar-refractivity contribution < 1.29 is 0 Å². The zero-order chi connectivity index (χ0) is 42.8. The summed E-state index contributed by atoms with van der Waals surface area (Å²) in [6.45, 7) is 4.67. The van der Waals surface area contributed by atoms with Crippen LogP contribution < -0.4 is 0 Å². The van der Waals surface area contributed by atoms with Crippen LogP contribution >= 0.6 is 0 Å². The zero-order valence-corrected chi connectivity index (χ0v) is 35.2. The van der Waals surface area contributed by atoms with Gasteiger partial charge in [0.25, 0.3) is 0 Å². The maximum atomic E-state index is 5.31. The lowest BCUT2D eigenvalue weighted by Crippen LogP contribution is -2.14. The first-order chi connectivity index (χ1) is 31.5. The molecular formula is C57H39N7. The Kier molecular flexibility index (Phi) is 8.69. The van der Waals surface area contributed by atoms with Crippen molar-refractivity contribution in [2.75, 3.05) is 0 Å². The quantitative estimate of drug-likeness (QED) is 0.159. The molecule has 8 aromatic carbocycles. The Hall–Kier alpha value is -8.42. The van der Waals surface area contributed by atoms with E-state index in [4.69, 9.17) is 29.9 Å². The van der Waals surface area contributed by atoms with Gasteiger partial charge < -0.3 is 4.57 Å². The molecule has 0 saturated heterocycles. The minimum Gasteiger partial charge on any atom is -0.308 e. The van der Waals surface area contributed by atoms with Crippen LogP contribution in [-0.2, 0) is 5.41 Å². The molecule has 0 amide bonds. The molecule has 0 atom stereocenters. The van der Waals surface area contributed by atoms with Crippen LogP contribution in [0.4, 0.5) is 0 Å². The fourth-order valence-electron chi connectivity index (χ4n) is 9.43. The summed E-state index contributed by atoms with van der Waals surface area (Å²) in [5.41, 5.74) is 13.4. The van der Waals surface area contributed by atoms with E-state index in [2.05, 4.69) is 97.3 Å². The standard InChI is InChI=1S/C57H39N7/c1-57(2)44-29-17-15-27-41(44)49-45(57)32-34-48-50(49)42-28-16-18-30-46(42)64(48)47-33-31-40(55-60-51(36-19-7-3-8-20-36)58-52(61-55)37-21-9-4-10-22-37)35-43(47)56-62-53(38-23-11-5-12-24-38)59-54(63-56)39-25-13-6-14-26-39/h3-35H,1-2H3. The molecule has 7 nitrogen and oxygen atoms in total. The first-order valence-electron chi connectivity index (χ1n) is 21.6. The highest BCUT2D eigenvalue weighted by Crippen LogP contribution is 2.53. The summed E-state index contributed by atoms with van der Waals surface area (Å²) in [7, 11) is 0. The second-order valence-electron chi connectivity index (χ2n) is 16.7. The van der Waals surface area contributed by atoms with Crippen molar-refractivity contribution in [1.82, 2.24) is 34.5 Å². The molecule has 1 aliphatic carbocycles. The summed E-state index contributed by atoms with van der Waals surface area (Å²) < 4.78 is 2.38. The number of hydrogen-bond acceptors (Lipinski definition) is 6. The number of fused-ring (bicyclic) bond motifs is 7. The Balaban J connectivity index is 1.17. The molecule has 0 spiro atoms. The summed E-state index contributed by atoms with van der Waals surface area (Å²) >= 11 is 0. The first-order valence-corrected chi connectivity index (χ1v) is 21.6. The molecule has 302 valence electrons. The van der Waals surface area contributed by atoms with Gasteiger partial charge >= 0.3 is 0 Å². The third-order valence-corrected chi connectivity index (χ3v) is 12.5. The Bertz CT molecular complexity index is 3450. The minimum atomic E-state index is -0.148. The van der Waals surface area contributed by atoms with Gasteiger partial charge in [0.05, 0.1) is 16.7 Å². The van der Waals surface area contributed by atoms with Crippen LogP contribution in [-0.4, -0.2) is 34.5 Å². The number of para-hydroxylation sites is 1. The molecule has 0 fully saturated rings. The molecule has 12 rings (SSSR count). The van der Waals surface area contributed by atoms with E-state index in [9.17, 15) is 0 Å². The third-order valence-electron chi connectivity index (χ3n) is 12.5. The number of hydrogen-bond donors (Lipinski definition) is 0. The molecule has 3 heterocycles. The second-order valence-corrected chi connectivity index (χ2v) is 16.7. The summed E-state index contributed by atoms with van der Waals surface area (Å²) in [6.07, 6.45) is 0. The van der Waals surface area contributed by atoms with Gasteiger partial charge in [-0.25, -0.2) is 29.9 Å². The molecule has 0 unspecified atom stereocenters. The van der Waals surface area contributed by atoms with Crippen LogP contribution in [0.15, 0.2) is 200 Å². The first kappa shape index (κ1) is 37.4. The molecule has 11 aromatic rings. The topological polar surface area (TPSA) is 82.3 Å². The lowest BCUT2D eigenvalue weighted by molar-refractivity contribution is 0.661. The summed E-state index contributed by atoms with van der Waals surface area (Å²) in [4.78, 5) is 31.0. The number of benzene rings is 8. The average molecular weight is 822 g/mol. The van der Waals surface area contributed by atoms with Gasteiger partial charge in [-0.3, -0.25) is 0 Å². The predicted molar refractivity (Wildman–Crippen MR) is 258 cm³/mol. The summed E-state index contributed by atoms with van der Waals surface area (Å²) in [6, 6.07) is 69.0. The molecule has 1 aliphatic rings. The average Bonchev–Trinajstić information content (AvgIpc) is 3.82. The van der Waals surface area contributed by atoms with Gasteiger partial charge in [-0.2, -0.15) is 0 Å². The molecule has 64 heavy (non-hydrogen) atoms. The van der Waals surface area contributed by atoms with Crippen molar-refractivity contribution in [3.05, 3.63) is 211 Å². The molecule has 0 aliphatic heterocycles. The highest BCUT2D eigenvalue weighted by atomic mass is 15.1. The minimum absolute atomic E-state index is 0.148. The van der Waals surface area contributed by atoms with E-state index in [1.807, 2.05) is 121 Å². The summed E-state index contributed by atoms with van der Waals surface area (Å²) in [5, 5.41) is 2.41. The molecule has 7 heteroatoms. The van der Waals surface area contributed by atoms with E-state index in [1.165, 1.54) is 33.0 Å². The highest BCUT2D eigenvalue weighted by Gasteiger charge is 2.37. The van der Waals surface area contributed by atoms with E-state index in [-0.39, 0.29) is 5.41 Å². The second kappa shape index (κ2) is 14.9. The number of aromatic nitrogens is 7. The van der Waals surface area contributed by atoms with Crippen molar-refractivity contribution in [3.63, 3.8) is 0 Å². The fourth-order valence-corrected chi connectivity index (χ4v) is 9.43. The monoisotopic (exact) mass is 821 g/mol. The van der Waals surface area contributed by atoms with Crippen LogP contribution in [0.1, 0.15) is 25.0 Å². The zero-order valence-electron chi connectivity index (χ0n) is 35.2. The van der Waals surface area contributed by atoms with Crippen LogP contribution in [0.5, 0.6) is 0 Å². The van der Waals surface area contributed by atoms with Gasteiger partial charge in [-0.15, -0.1) is 0 Å². The van der Waals surface area contributed by atoms with E-state index in [1.54, 1.807) is 0 Å². The largest absolute Gasteiger partial charge is 0.308 e. The molecule has 3 aromatic heterocycles. The molecular weight excluding hydrogens is 783 g/mol. The third kappa shape index (κ3) is 6.12. The van der Waals surface area contributed by atoms with E-state index < -0.39 is 0 Å². The Labute approximate surface area is 370 Å². The van der Waals surface area contributed by atoms with Crippen molar-refractivity contribution in [2.45, 2.75) is 19.3 Å². The lowest BCUT2D eigenvalue weighted by atomic mass is 9.82. The fraction of sp³-hybridized carbons (Fsp3) is 0.0526. The van der Waals surface area contributed by atoms with E-state index in [0.717, 1.165) is 50.1 Å². The lowest BCUT2D eigenvalue weighted by Gasteiger charge is -2.21. The van der Waals surface area contributed by atoms with Gasteiger partial charge in [0, 0.05) is 49.6 Å². The van der Waals surface area contributed by atoms with Gasteiger partial charge in [-0.1, -0.05) is 184 Å². The normalized spacial score (nSPS) is 12.7. The molecule has 0 radical (unpaired) electrons. The Morgan fingerprint density at radius 1 is 0.344 bits per heavy atom. The Morgan fingerprint density at radius 3 is 1.34 bits per heavy atom. The van der Waals surface area contributed by atoms with Gasteiger partial charge in [0.2, 0.25) is 0 Å². The molecule has 0 bridgehead atoms. The highest BCUT2D eigenvalue weighted by molar-refractivity contribution is 6.18. The van der Waals surface area contributed by atoms with Crippen molar-refractivity contribution in [1.29, 1.82) is 0 Å². The molecule has 0 saturated carbocycles. The maximum absolute atomic E-state index is 5.31. The Morgan fingerprint density at radius 2 is 0.797 bits per heavy atom. The number of rotatable bonds is 7. The van der Waals surface area contributed by atoms with Gasteiger partial charge in [-0.05, 0) is 52.6 Å². The van der Waals surface area contributed by atoms with Gasteiger partial charge in [0.15, 0.2) is 34.9 Å².